The van der Waals surface area contributed by atoms with Gasteiger partial charge in [0, 0.05) is 25.2 Å². The quantitative estimate of drug-likeness (QED) is 0.822. The molecule has 4 heteroatoms. The van der Waals surface area contributed by atoms with Gasteiger partial charge in [-0.15, -0.1) is 0 Å². The minimum absolute atomic E-state index is 0.109. The lowest BCUT2D eigenvalue weighted by Crippen LogP contribution is -2.51. The maximum absolute atomic E-state index is 14.0. The molecule has 1 heterocycles. The van der Waals surface area contributed by atoms with E-state index in [2.05, 4.69) is 4.90 Å². The Morgan fingerprint density at radius 2 is 2.26 bits per heavy atom. The van der Waals surface area contributed by atoms with Crippen molar-refractivity contribution >= 4 is 0 Å². The highest BCUT2D eigenvalue weighted by Crippen LogP contribution is 2.23. The van der Waals surface area contributed by atoms with Crippen molar-refractivity contribution in [1.29, 1.82) is 5.26 Å². The summed E-state index contributed by atoms with van der Waals surface area (Å²) < 4.78 is 19.9. The minimum atomic E-state index is -0.401. The zero-order valence-electron chi connectivity index (χ0n) is 11.6. The standard InChI is InChI=1S/C15H19FN2O/c1-11-8-18(10-15(2,3)19-11)9-13-6-4-5-12(7-17)14(13)16/h4-6,11H,8-10H2,1-3H3. The van der Waals surface area contributed by atoms with Crippen molar-refractivity contribution in [2.24, 2.45) is 0 Å². The zero-order valence-corrected chi connectivity index (χ0v) is 11.6. The van der Waals surface area contributed by atoms with Crippen LogP contribution in [0.15, 0.2) is 18.2 Å². The normalized spacial score (nSPS) is 23.0. The molecular weight excluding hydrogens is 243 g/mol. The molecule has 102 valence electrons. The summed E-state index contributed by atoms with van der Waals surface area (Å²) in [6.45, 7) is 8.15. The van der Waals surface area contributed by atoms with Crippen LogP contribution in [0, 0.1) is 17.1 Å². The van der Waals surface area contributed by atoms with Crippen molar-refractivity contribution in [2.45, 2.75) is 39.0 Å². The third-order valence-electron chi connectivity index (χ3n) is 3.23. The highest BCUT2D eigenvalue weighted by molar-refractivity contribution is 5.34. The summed E-state index contributed by atoms with van der Waals surface area (Å²) in [6, 6.07) is 6.85. The van der Waals surface area contributed by atoms with Crippen LogP contribution >= 0.6 is 0 Å². The Labute approximate surface area is 113 Å². The summed E-state index contributed by atoms with van der Waals surface area (Å²) >= 11 is 0. The summed E-state index contributed by atoms with van der Waals surface area (Å²) in [5.74, 6) is -0.401. The third-order valence-corrected chi connectivity index (χ3v) is 3.23. The molecule has 1 aliphatic rings. The number of nitrogens with zero attached hydrogens (tertiary/aromatic N) is 2. The number of hydrogen-bond acceptors (Lipinski definition) is 3. The Bertz CT molecular complexity index is 507. The minimum Gasteiger partial charge on any atom is -0.370 e. The highest BCUT2D eigenvalue weighted by Gasteiger charge is 2.31. The first kappa shape index (κ1) is 14.0. The van der Waals surface area contributed by atoms with Gasteiger partial charge in [0.1, 0.15) is 11.9 Å². The maximum atomic E-state index is 14.0. The van der Waals surface area contributed by atoms with E-state index in [-0.39, 0.29) is 17.3 Å². The van der Waals surface area contributed by atoms with Crippen LogP contribution in [0.1, 0.15) is 31.9 Å². The zero-order chi connectivity index (χ0) is 14.0. The molecule has 0 N–H and O–H groups in total. The molecule has 3 nitrogen and oxygen atoms in total. The summed E-state index contributed by atoms with van der Waals surface area (Å²) in [4.78, 5) is 2.17. The molecule has 0 amide bonds. The highest BCUT2D eigenvalue weighted by atomic mass is 19.1. The van der Waals surface area contributed by atoms with Gasteiger partial charge < -0.3 is 4.74 Å². The average Bonchev–Trinajstić information content (AvgIpc) is 2.29. The van der Waals surface area contributed by atoms with Crippen molar-refractivity contribution in [3.8, 4) is 6.07 Å². The lowest BCUT2D eigenvalue weighted by atomic mass is 10.0. The molecule has 0 spiro atoms. The van der Waals surface area contributed by atoms with Crippen LogP contribution in [0.25, 0.3) is 0 Å². The van der Waals surface area contributed by atoms with Gasteiger partial charge >= 0.3 is 0 Å². The predicted octanol–water partition coefficient (Wildman–Crippen LogP) is 2.70. The van der Waals surface area contributed by atoms with Crippen LogP contribution in [0.3, 0.4) is 0 Å². The largest absolute Gasteiger partial charge is 0.370 e. The molecule has 0 saturated carbocycles. The van der Waals surface area contributed by atoms with E-state index in [1.54, 1.807) is 12.1 Å². The van der Waals surface area contributed by atoms with Crippen LogP contribution < -0.4 is 0 Å². The van der Waals surface area contributed by atoms with E-state index in [0.29, 0.717) is 12.1 Å². The average molecular weight is 262 g/mol. The van der Waals surface area contributed by atoms with E-state index in [4.69, 9.17) is 10.00 Å². The Hall–Kier alpha value is -1.44. The first-order chi connectivity index (χ1) is 8.91. The van der Waals surface area contributed by atoms with Gasteiger partial charge in [-0.1, -0.05) is 12.1 Å². The predicted molar refractivity (Wildman–Crippen MR) is 71.0 cm³/mol. The second kappa shape index (κ2) is 5.28. The van der Waals surface area contributed by atoms with Gasteiger partial charge in [0.25, 0.3) is 0 Å². The lowest BCUT2D eigenvalue weighted by molar-refractivity contribution is -0.130. The Morgan fingerprint density at radius 1 is 1.53 bits per heavy atom. The molecule has 0 aliphatic carbocycles. The fourth-order valence-corrected chi connectivity index (χ4v) is 2.74. The van der Waals surface area contributed by atoms with E-state index in [1.807, 2.05) is 26.8 Å². The summed E-state index contributed by atoms with van der Waals surface area (Å²) in [6.07, 6.45) is 0.131. The Morgan fingerprint density at radius 3 is 2.89 bits per heavy atom. The first-order valence-electron chi connectivity index (χ1n) is 6.49. The third kappa shape index (κ3) is 3.31. The van der Waals surface area contributed by atoms with Crippen molar-refractivity contribution in [2.75, 3.05) is 13.1 Å². The molecule has 1 saturated heterocycles. The van der Waals surface area contributed by atoms with Crippen LogP contribution in [-0.2, 0) is 11.3 Å². The van der Waals surface area contributed by atoms with Crippen LogP contribution in [0.5, 0.6) is 0 Å². The molecule has 1 unspecified atom stereocenters. The van der Waals surface area contributed by atoms with E-state index < -0.39 is 5.82 Å². The molecule has 1 atom stereocenters. The van der Waals surface area contributed by atoms with Crippen molar-refractivity contribution in [1.82, 2.24) is 4.90 Å². The van der Waals surface area contributed by atoms with E-state index in [0.717, 1.165) is 13.1 Å². The van der Waals surface area contributed by atoms with Gasteiger partial charge in [-0.25, -0.2) is 4.39 Å². The van der Waals surface area contributed by atoms with Gasteiger partial charge in [0.2, 0.25) is 0 Å². The van der Waals surface area contributed by atoms with Crippen molar-refractivity contribution < 1.29 is 9.13 Å². The second-order valence-corrected chi connectivity index (χ2v) is 5.75. The molecule has 0 aromatic heterocycles. The van der Waals surface area contributed by atoms with Gasteiger partial charge in [0.05, 0.1) is 17.3 Å². The molecule has 0 bridgehead atoms. The Balaban J connectivity index is 2.16. The van der Waals surface area contributed by atoms with E-state index in [1.165, 1.54) is 6.07 Å². The molecule has 1 aliphatic heterocycles. The number of hydrogen-bond donors (Lipinski definition) is 0. The molecule has 1 aromatic carbocycles. The number of rotatable bonds is 2. The molecule has 1 fully saturated rings. The summed E-state index contributed by atoms with van der Waals surface area (Å²) in [5, 5.41) is 8.85. The number of ether oxygens (including phenoxy) is 1. The molecule has 1 aromatic rings. The Kier molecular flexibility index (Phi) is 3.88. The van der Waals surface area contributed by atoms with E-state index in [9.17, 15) is 4.39 Å². The number of halogens is 1. The van der Waals surface area contributed by atoms with Crippen molar-refractivity contribution in [3.63, 3.8) is 0 Å². The van der Waals surface area contributed by atoms with Gasteiger partial charge in [0.15, 0.2) is 0 Å². The topological polar surface area (TPSA) is 36.3 Å². The smallest absolute Gasteiger partial charge is 0.145 e. The van der Waals surface area contributed by atoms with Gasteiger partial charge in [-0.05, 0) is 26.8 Å². The lowest BCUT2D eigenvalue weighted by Gasteiger charge is -2.41. The molecule has 2 rings (SSSR count). The molecular formula is C15H19FN2O. The summed E-state index contributed by atoms with van der Waals surface area (Å²) in [7, 11) is 0. The molecule has 19 heavy (non-hydrogen) atoms. The van der Waals surface area contributed by atoms with Crippen LogP contribution in [-0.4, -0.2) is 29.7 Å². The van der Waals surface area contributed by atoms with Crippen LogP contribution in [0.2, 0.25) is 0 Å². The first-order valence-corrected chi connectivity index (χ1v) is 6.49. The molecule has 0 radical (unpaired) electrons. The summed E-state index contributed by atoms with van der Waals surface area (Å²) in [5.41, 5.74) is 0.461. The number of morpholine rings is 1. The van der Waals surface area contributed by atoms with Gasteiger partial charge in [-0.2, -0.15) is 5.26 Å². The van der Waals surface area contributed by atoms with E-state index >= 15 is 0 Å². The maximum Gasteiger partial charge on any atom is 0.145 e. The number of benzene rings is 1. The number of nitriles is 1. The van der Waals surface area contributed by atoms with Crippen LogP contribution in [0.4, 0.5) is 4.39 Å². The van der Waals surface area contributed by atoms with Gasteiger partial charge in [-0.3, -0.25) is 4.90 Å². The SMILES string of the molecule is CC1CN(Cc2cccc(C#N)c2F)CC(C)(C)O1. The fraction of sp³-hybridized carbons (Fsp3) is 0.533. The fourth-order valence-electron chi connectivity index (χ4n) is 2.74. The monoisotopic (exact) mass is 262 g/mol. The second-order valence-electron chi connectivity index (χ2n) is 5.75. The van der Waals surface area contributed by atoms with Crippen molar-refractivity contribution in [3.05, 3.63) is 35.1 Å².